The van der Waals surface area contributed by atoms with Gasteiger partial charge in [0.05, 0.1) is 31.1 Å². The van der Waals surface area contributed by atoms with Gasteiger partial charge < -0.3 is 43.0 Å². The lowest BCUT2D eigenvalue weighted by Crippen LogP contribution is -2.46. The number of carbonyl (C=O) groups excluding carboxylic acids is 2. The summed E-state index contributed by atoms with van der Waals surface area (Å²) in [5.41, 5.74) is 18.7. The fourth-order valence-electron chi connectivity index (χ4n) is 4.61. The van der Waals surface area contributed by atoms with Gasteiger partial charge in [0, 0.05) is 48.8 Å². The van der Waals surface area contributed by atoms with Crippen molar-refractivity contribution in [3.05, 3.63) is 71.7 Å². The predicted molar refractivity (Wildman–Crippen MR) is 169 cm³/mol. The predicted octanol–water partition coefficient (Wildman–Crippen LogP) is 1.19. The van der Waals surface area contributed by atoms with Crippen LogP contribution in [0.2, 0.25) is 0 Å². The number of aliphatic imine (C=N–C) groups is 1. The van der Waals surface area contributed by atoms with Gasteiger partial charge in [-0.05, 0) is 48.7 Å². The number of ether oxygens (including phenoxy) is 1. The number of amides is 2. The van der Waals surface area contributed by atoms with E-state index in [1.54, 1.807) is 28.8 Å². The van der Waals surface area contributed by atoms with E-state index in [0.29, 0.717) is 40.4 Å². The topological polar surface area (TPSA) is 220 Å². The fourth-order valence-corrected chi connectivity index (χ4v) is 4.61. The Hall–Kier alpha value is -5.35. The van der Waals surface area contributed by atoms with E-state index in [0.717, 1.165) is 0 Å². The Bertz CT molecular complexity index is 1740. The van der Waals surface area contributed by atoms with E-state index in [1.165, 1.54) is 31.6 Å². The second kappa shape index (κ2) is 15.1. The van der Waals surface area contributed by atoms with Crippen LogP contribution in [0.25, 0.3) is 16.9 Å². The summed E-state index contributed by atoms with van der Waals surface area (Å²) in [6.07, 6.45) is 4.18. The van der Waals surface area contributed by atoms with E-state index >= 15 is 0 Å². The molecule has 16 heteroatoms. The Balaban J connectivity index is 1.40. The number of fused-ring (bicyclic) bond motifs is 1. The van der Waals surface area contributed by atoms with Crippen molar-refractivity contribution in [1.82, 2.24) is 25.0 Å². The highest BCUT2D eigenvalue weighted by Crippen LogP contribution is 2.31. The summed E-state index contributed by atoms with van der Waals surface area (Å²) in [5, 5.41) is 18.7. The van der Waals surface area contributed by atoms with Crippen molar-refractivity contribution in [2.45, 2.75) is 31.9 Å². The molecule has 0 spiro atoms. The second-order valence-corrected chi connectivity index (χ2v) is 10.2. The van der Waals surface area contributed by atoms with E-state index in [2.05, 4.69) is 30.9 Å². The molecule has 0 aliphatic carbocycles. The van der Waals surface area contributed by atoms with Crippen LogP contribution in [0.15, 0.2) is 53.9 Å². The van der Waals surface area contributed by atoms with Gasteiger partial charge in [0.2, 0.25) is 11.7 Å². The number of aliphatic hydroxyl groups excluding tert-OH is 1. The van der Waals surface area contributed by atoms with Gasteiger partial charge in [-0.25, -0.2) is 14.4 Å². The van der Waals surface area contributed by atoms with Gasteiger partial charge in [-0.15, -0.1) is 0 Å². The Morgan fingerprint density at radius 3 is 2.59 bits per heavy atom. The van der Waals surface area contributed by atoms with Crippen molar-refractivity contribution in [2.24, 2.45) is 22.2 Å². The first-order valence-electron chi connectivity index (χ1n) is 14.3. The Labute approximate surface area is 263 Å². The maximum absolute atomic E-state index is 14.8. The average molecular weight is 639 g/mol. The summed E-state index contributed by atoms with van der Waals surface area (Å²) in [5.74, 6) is -3.01. The zero-order valence-electron chi connectivity index (χ0n) is 25.3. The smallest absolute Gasteiger partial charge is 0.251 e. The average Bonchev–Trinajstić information content (AvgIpc) is 3.48. The summed E-state index contributed by atoms with van der Waals surface area (Å²) in [7, 11) is 1.26. The molecule has 2 amide bonds. The second-order valence-electron chi connectivity index (χ2n) is 10.2. The van der Waals surface area contributed by atoms with Crippen molar-refractivity contribution >= 4 is 34.9 Å². The highest BCUT2D eigenvalue weighted by atomic mass is 19.2. The number of nitrogens with one attached hydrogen (secondary N) is 3. The largest absolute Gasteiger partial charge is 0.494 e. The zero-order chi connectivity index (χ0) is 33.4. The summed E-state index contributed by atoms with van der Waals surface area (Å²) < 4.78 is 35.7. The molecule has 2 atom stereocenters. The van der Waals surface area contributed by atoms with Crippen LogP contribution in [0.4, 0.5) is 20.3 Å². The number of benzene rings is 2. The Morgan fingerprint density at radius 2 is 1.87 bits per heavy atom. The first-order valence-corrected chi connectivity index (χ1v) is 14.3. The number of aliphatic hydroxyl groups is 1. The lowest BCUT2D eigenvalue weighted by Gasteiger charge is -2.16. The molecule has 244 valence electrons. The molecule has 46 heavy (non-hydrogen) atoms. The number of aromatic nitrogens is 3. The van der Waals surface area contributed by atoms with Gasteiger partial charge in [-0.1, -0.05) is 6.92 Å². The molecule has 0 fully saturated rings. The number of carbonyl (C=O) groups is 2. The van der Waals surface area contributed by atoms with Crippen LogP contribution in [0.3, 0.4) is 0 Å². The molecule has 0 aliphatic rings. The number of halogens is 2. The van der Waals surface area contributed by atoms with Crippen LogP contribution < -0.4 is 37.9 Å². The van der Waals surface area contributed by atoms with Crippen molar-refractivity contribution in [3.63, 3.8) is 0 Å². The molecule has 0 radical (unpaired) electrons. The number of guanidine groups is 1. The lowest BCUT2D eigenvalue weighted by molar-refractivity contribution is -0.122. The van der Waals surface area contributed by atoms with Crippen LogP contribution >= 0.6 is 0 Å². The molecule has 0 aliphatic heterocycles. The molecule has 4 aromatic rings. The number of aryl methyl sites for hydroxylation is 1. The molecular weight excluding hydrogens is 602 g/mol. The van der Waals surface area contributed by atoms with E-state index in [1.807, 2.05) is 6.92 Å². The van der Waals surface area contributed by atoms with Gasteiger partial charge in [0.25, 0.3) is 5.91 Å². The van der Waals surface area contributed by atoms with Crippen molar-refractivity contribution < 1.29 is 28.2 Å². The number of imidazole rings is 1. The standard InChI is InChI=1S/C30H36F2N10O4/c1-3-16-12-17(4-5-19(16)28(44)39-13-18(43)14-40-29(45)21(33)8-9-37-30(34)35)41-26-27-38-15-22(42(27)11-10-36-26)20-6-7-23(46-2)25(32)24(20)31/h4-7,10-12,15,18,21,43H,3,8-9,13-14,33H2,1-2H3,(H,36,41)(H,39,44)(H,40,45)(H4,34,35,37)/t18?,21-/m1/s1. The molecule has 0 bridgehead atoms. The first-order chi connectivity index (χ1) is 22.0. The third kappa shape index (κ3) is 7.83. The SMILES string of the molecule is CCc1cc(Nc2nccn3c(-c4ccc(OC)c(F)c4F)cnc23)ccc1C(=O)NCC(O)CNC(=O)[C@H](N)CCN=C(N)N. The fraction of sp³-hybridized carbons (Fsp3) is 0.300. The minimum atomic E-state index is -1.10. The summed E-state index contributed by atoms with van der Waals surface area (Å²) in [4.78, 5) is 37.6. The van der Waals surface area contributed by atoms with Gasteiger partial charge in [-0.3, -0.25) is 19.0 Å². The number of anilines is 2. The van der Waals surface area contributed by atoms with Gasteiger partial charge in [-0.2, -0.15) is 4.39 Å². The van der Waals surface area contributed by atoms with Gasteiger partial charge in [0.1, 0.15) is 0 Å². The van der Waals surface area contributed by atoms with Crippen LogP contribution in [0.5, 0.6) is 5.75 Å². The zero-order valence-corrected chi connectivity index (χ0v) is 25.3. The van der Waals surface area contributed by atoms with Crippen molar-refractivity contribution in [1.29, 1.82) is 0 Å². The van der Waals surface area contributed by atoms with Gasteiger partial charge >= 0.3 is 0 Å². The highest BCUT2D eigenvalue weighted by molar-refractivity contribution is 5.96. The summed E-state index contributed by atoms with van der Waals surface area (Å²) in [6, 6.07) is 6.99. The lowest BCUT2D eigenvalue weighted by atomic mass is 10.0. The Morgan fingerprint density at radius 1 is 1.11 bits per heavy atom. The van der Waals surface area contributed by atoms with E-state index in [9.17, 15) is 23.5 Å². The summed E-state index contributed by atoms with van der Waals surface area (Å²) >= 11 is 0. The molecule has 1 unspecified atom stereocenters. The quantitative estimate of drug-likeness (QED) is 0.0772. The Kier molecular flexibility index (Phi) is 11.0. The number of nitrogens with two attached hydrogens (primary N) is 3. The molecular formula is C30H36F2N10O4. The van der Waals surface area contributed by atoms with Crippen LogP contribution in [-0.2, 0) is 11.2 Å². The van der Waals surface area contributed by atoms with Crippen molar-refractivity contribution in [3.8, 4) is 17.0 Å². The summed E-state index contributed by atoms with van der Waals surface area (Å²) in [6.45, 7) is 1.85. The third-order valence-corrected chi connectivity index (χ3v) is 7.05. The number of hydrogen-bond acceptors (Lipinski definition) is 9. The molecule has 0 saturated heterocycles. The van der Waals surface area contributed by atoms with E-state index < -0.39 is 35.6 Å². The maximum Gasteiger partial charge on any atom is 0.251 e. The normalized spacial score (nSPS) is 12.3. The monoisotopic (exact) mass is 638 g/mol. The van der Waals surface area contributed by atoms with Crippen LogP contribution in [-0.4, -0.2) is 76.1 Å². The van der Waals surface area contributed by atoms with E-state index in [-0.39, 0.29) is 43.3 Å². The molecule has 2 aromatic heterocycles. The minimum absolute atomic E-state index is 0.00201. The van der Waals surface area contributed by atoms with Gasteiger partial charge in [0.15, 0.2) is 29.0 Å². The number of hydrogen-bond donors (Lipinski definition) is 7. The number of nitrogens with zero attached hydrogens (tertiary/aromatic N) is 4. The number of methoxy groups -OCH3 is 1. The maximum atomic E-state index is 14.8. The highest BCUT2D eigenvalue weighted by Gasteiger charge is 2.20. The van der Waals surface area contributed by atoms with E-state index in [4.69, 9.17) is 21.9 Å². The molecule has 2 aromatic carbocycles. The number of rotatable bonds is 14. The molecule has 4 rings (SSSR count). The third-order valence-electron chi connectivity index (χ3n) is 7.05. The first kappa shape index (κ1) is 33.5. The molecule has 14 nitrogen and oxygen atoms in total. The minimum Gasteiger partial charge on any atom is -0.494 e. The molecule has 2 heterocycles. The van der Waals surface area contributed by atoms with Crippen LogP contribution in [0.1, 0.15) is 29.3 Å². The van der Waals surface area contributed by atoms with Crippen LogP contribution in [0, 0.1) is 11.6 Å². The molecule has 0 saturated carbocycles. The van der Waals surface area contributed by atoms with Crippen molar-refractivity contribution in [2.75, 3.05) is 32.1 Å². The molecule has 10 N–H and O–H groups in total.